The van der Waals surface area contributed by atoms with Gasteiger partial charge in [0.2, 0.25) is 0 Å². The van der Waals surface area contributed by atoms with E-state index in [9.17, 15) is 14.4 Å². The molecule has 0 aromatic carbocycles. The zero-order chi connectivity index (χ0) is 44.7. The molecule has 0 aromatic heterocycles. The van der Waals surface area contributed by atoms with Gasteiger partial charge in [0.15, 0.2) is 6.10 Å². The Balaban J connectivity index is 4.27. The Morgan fingerprint density at radius 3 is 0.852 bits per heavy atom. The zero-order valence-corrected chi connectivity index (χ0v) is 41.8. The summed E-state index contributed by atoms with van der Waals surface area (Å²) >= 11 is 0. The number of carbonyl (C=O) groups is 3. The van der Waals surface area contributed by atoms with Gasteiger partial charge in [0.05, 0.1) is 0 Å². The van der Waals surface area contributed by atoms with Crippen LogP contribution in [0.2, 0.25) is 0 Å². The van der Waals surface area contributed by atoms with Crippen molar-refractivity contribution in [3.8, 4) is 0 Å². The molecule has 0 aromatic rings. The summed E-state index contributed by atoms with van der Waals surface area (Å²) in [6.07, 6.45) is 49.5. The molecule has 3 atom stereocenters. The van der Waals surface area contributed by atoms with E-state index in [0.717, 1.165) is 69.6 Å². The Hall–Kier alpha value is -1.59. The largest absolute Gasteiger partial charge is 0.462 e. The standard InChI is InChI=1S/C55H106O6/c1-6-9-10-11-12-13-14-15-16-17-18-19-20-21-22-27-30-37-42-47-55(58)61-52(49-60-54(57)46-41-36-32-31-34-39-44-51(5)8-3)48-59-53(56)45-40-35-29-26-24-23-25-28-33-38-43-50(4)7-2/h50-52H,6-49H2,1-5H3/t50?,51?,52-/m1/s1. The second-order valence-electron chi connectivity index (χ2n) is 19.4. The van der Waals surface area contributed by atoms with Gasteiger partial charge in [-0.05, 0) is 31.1 Å². The highest BCUT2D eigenvalue weighted by Crippen LogP contribution is 2.18. The van der Waals surface area contributed by atoms with Crippen molar-refractivity contribution in [3.05, 3.63) is 0 Å². The average Bonchev–Trinajstić information content (AvgIpc) is 3.26. The van der Waals surface area contributed by atoms with Crippen molar-refractivity contribution in [3.63, 3.8) is 0 Å². The van der Waals surface area contributed by atoms with E-state index in [1.807, 2.05) is 0 Å². The van der Waals surface area contributed by atoms with Crippen molar-refractivity contribution in [1.82, 2.24) is 0 Å². The Morgan fingerprint density at radius 1 is 0.328 bits per heavy atom. The van der Waals surface area contributed by atoms with Gasteiger partial charge in [-0.1, -0.05) is 266 Å². The van der Waals surface area contributed by atoms with Gasteiger partial charge < -0.3 is 14.2 Å². The predicted molar refractivity (Wildman–Crippen MR) is 261 cm³/mol. The monoisotopic (exact) mass is 863 g/mol. The van der Waals surface area contributed by atoms with Crippen LogP contribution in [0.15, 0.2) is 0 Å². The molecule has 0 aliphatic heterocycles. The van der Waals surface area contributed by atoms with Crippen LogP contribution in [-0.2, 0) is 28.6 Å². The first-order valence-electron chi connectivity index (χ1n) is 27.3. The van der Waals surface area contributed by atoms with Crippen LogP contribution in [0.3, 0.4) is 0 Å². The molecular formula is C55H106O6. The van der Waals surface area contributed by atoms with Gasteiger partial charge in [-0.3, -0.25) is 14.4 Å². The highest BCUT2D eigenvalue weighted by Gasteiger charge is 2.19. The van der Waals surface area contributed by atoms with Crippen molar-refractivity contribution in [1.29, 1.82) is 0 Å². The smallest absolute Gasteiger partial charge is 0.306 e. The molecule has 0 saturated heterocycles. The van der Waals surface area contributed by atoms with Crippen LogP contribution in [0, 0.1) is 11.8 Å². The van der Waals surface area contributed by atoms with Gasteiger partial charge in [-0.2, -0.15) is 0 Å². The minimum absolute atomic E-state index is 0.0644. The molecule has 0 aliphatic rings. The highest BCUT2D eigenvalue weighted by atomic mass is 16.6. The van der Waals surface area contributed by atoms with Gasteiger partial charge in [0.25, 0.3) is 0 Å². The fourth-order valence-corrected chi connectivity index (χ4v) is 8.28. The second kappa shape index (κ2) is 47.9. The van der Waals surface area contributed by atoms with Crippen molar-refractivity contribution in [2.24, 2.45) is 11.8 Å². The molecule has 0 spiro atoms. The first-order valence-corrected chi connectivity index (χ1v) is 27.3. The van der Waals surface area contributed by atoms with Crippen LogP contribution in [0.25, 0.3) is 0 Å². The Kier molecular flexibility index (Phi) is 46.6. The number of hydrogen-bond donors (Lipinski definition) is 0. The Bertz CT molecular complexity index is 935. The number of esters is 3. The van der Waals surface area contributed by atoms with Crippen molar-refractivity contribution >= 4 is 17.9 Å². The molecule has 0 heterocycles. The summed E-state index contributed by atoms with van der Waals surface area (Å²) in [6, 6.07) is 0. The molecule has 0 N–H and O–H groups in total. The number of unbranched alkanes of at least 4 members (excludes halogenated alkanes) is 32. The Labute approximate surface area is 380 Å². The maximum atomic E-state index is 12.8. The molecule has 0 aliphatic carbocycles. The van der Waals surface area contributed by atoms with E-state index >= 15 is 0 Å². The van der Waals surface area contributed by atoms with Crippen LogP contribution >= 0.6 is 0 Å². The van der Waals surface area contributed by atoms with Gasteiger partial charge in [-0.25, -0.2) is 0 Å². The van der Waals surface area contributed by atoms with Crippen LogP contribution in [0.4, 0.5) is 0 Å². The number of hydrogen-bond acceptors (Lipinski definition) is 6. The van der Waals surface area contributed by atoms with Crippen molar-refractivity contribution in [2.45, 2.75) is 310 Å². The fraction of sp³-hybridized carbons (Fsp3) is 0.945. The van der Waals surface area contributed by atoms with Gasteiger partial charge in [0.1, 0.15) is 13.2 Å². The molecule has 0 rings (SSSR count). The first kappa shape index (κ1) is 59.4. The molecule has 0 fully saturated rings. The van der Waals surface area contributed by atoms with Gasteiger partial charge >= 0.3 is 17.9 Å². The summed E-state index contributed by atoms with van der Waals surface area (Å²) in [5, 5.41) is 0. The molecule has 61 heavy (non-hydrogen) atoms. The quantitative estimate of drug-likeness (QED) is 0.0344. The number of carbonyl (C=O) groups excluding carboxylic acids is 3. The van der Waals surface area contributed by atoms with Crippen molar-refractivity contribution in [2.75, 3.05) is 13.2 Å². The molecule has 6 heteroatoms. The highest BCUT2D eigenvalue weighted by molar-refractivity contribution is 5.71. The molecular weight excluding hydrogens is 757 g/mol. The molecule has 0 bridgehead atoms. The summed E-state index contributed by atoms with van der Waals surface area (Å²) < 4.78 is 16.8. The maximum absolute atomic E-state index is 12.8. The average molecular weight is 863 g/mol. The summed E-state index contributed by atoms with van der Waals surface area (Å²) in [6.45, 7) is 11.4. The fourth-order valence-electron chi connectivity index (χ4n) is 8.28. The summed E-state index contributed by atoms with van der Waals surface area (Å²) in [4.78, 5) is 38.0. The lowest BCUT2D eigenvalue weighted by Gasteiger charge is -2.18. The molecule has 0 saturated carbocycles. The van der Waals surface area contributed by atoms with E-state index in [1.165, 1.54) is 193 Å². The SMILES string of the molecule is CCCCCCCCCCCCCCCCCCCCCC(=O)O[C@H](COC(=O)CCCCCCCCCCCCC(C)CC)COC(=O)CCCCCCCCC(C)CC. The van der Waals surface area contributed by atoms with E-state index in [2.05, 4.69) is 34.6 Å². The number of ether oxygens (including phenoxy) is 3. The summed E-state index contributed by atoms with van der Waals surface area (Å²) in [5.41, 5.74) is 0. The van der Waals surface area contributed by atoms with E-state index < -0.39 is 6.10 Å². The Morgan fingerprint density at radius 2 is 0.574 bits per heavy atom. The van der Waals surface area contributed by atoms with Crippen LogP contribution in [-0.4, -0.2) is 37.2 Å². The third kappa shape index (κ3) is 46.2. The summed E-state index contributed by atoms with van der Waals surface area (Å²) in [5.74, 6) is 0.835. The van der Waals surface area contributed by atoms with Crippen molar-refractivity contribution < 1.29 is 28.6 Å². The van der Waals surface area contributed by atoms with E-state index in [0.29, 0.717) is 19.3 Å². The van der Waals surface area contributed by atoms with Crippen LogP contribution in [0.5, 0.6) is 0 Å². The summed E-state index contributed by atoms with van der Waals surface area (Å²) in [7, 11) is 0. The van der Waals surface area contributed by atoms with Gasteiger partial charge in [-0.15, -0.1) is 0 Å². The minimum Gasteiger partial charge on any atom is -0.462 e. The van der Waals surface area contributed by atoms with Crippen LogP contribution < -0.4 is 0 Å². The van der Waals surface area contributed by atoms with E-state index in [1.54, 1.807) is 0 Å². The van der Waals surface area contributed by atoms with Crippen LogP contribution in [0.1, 0.15) is 304 Å². The van der Waals surface area contributed by atoms with Gasteiger partial charge in [0, 0.05) is 19.3 Å². The topological polar surface area (TPSA) is 78.9 Å². The number of rotatable bonds is 49. The lowest BCUT2D eigenvalue weighted by atomic mass is 9.99. The predicted octanol–water partition coefficient (Wildman–Crippen LogP) is 17.7. The third-order valence-electron chi connectivity index (χ3n) is 13.2. The maximum Gasteiger partial charge on any atom is 0.306 e. The lowest BCUT2D eigenvalue weighted by Crippen LogP contribution is -2.30. The third-order valence-corrected chi connectivity index (χ3v) is 13.2. The van der Waals surface area contributed by atoms with E-state index in [4.69, 9.17) is 14.2 Å². The second-order valence-corrected chi connectivity index (χ2v) is 19.4. The molecule has 362 valence electrons. The molecule has 0 radical (unpaired) electrons. The molecule has 2 unspecified atom stereocenters. The zero-order valence-electron chi connectivity index (χ0n) is 41.8. The normalized spacial score (nSPS) is 12.9. The first-order chi connectivity index (χ1) is 29.8. The van der Waals surface area contributed by atoms with E-state index in [-0.39, 0.29) is 31.1 Å². The molecule has 6 nitrogen and oxygen atoms in total. The molecule has 0 amide bonds. The lowest BCUT2D eigenvalue weighted by molar-refractivity contribution is -0.167. The minimum atomic E-state index is -0.763.